The molecule has 0 unspecified atom stereocenters. The second-order valence-corrected chi connectivity index (χ2v) is 2.17. The Labute approximate surface area is 66.0 Å². The van der Waals surface area contributed by atoms with Gasteiger partial charge in [0.15, 0.2) is 0 Å². The Balaban J connectivity index is 2.74. The Morgan fingerprint density at radius 2 is 2.18 bits per heavy atom. The molecular formula is C8H11NO2. The molecule has 1 heterocycles. The van der Waals surface area contributed by atoms with Crippen LogP contribution < -0.4 is 4.74 Å². The summed E-state index contributed by atoms with van der Waals surface area (Å²) in [5.41, 5.74) is 1.02. The fraction of sp³-hybridized carbons (Fsp3) is 0.375. The predicted molar refractivity (Wildman–Crippen MR) is 41.5 cm³/mol. The first-order valence-electron chi connectivity index (χ1n) is 3.33. The lowest BCUT2D eigenvalue weighted by molar-refractivity contribution is 0.184. The molecule has 0 bridgehead atoms. The maximum Gasteiger partial charge on any atom is 0.137 e. The van der Waals surface area contributed by atoms with E-state index >= 15 is 0 Å². The van der Waals surface area contributed by atoms with Crippen molar-refractivity contribution in [1.82, 2.24) is 4.98 Å². The SMILES string of the molecule is COCc1cncc(OC)c1. The molecule has 0 aliphatic carbocycles. The average Bonchev–Trinajstić information content (AvgIpc) is 2.06. The van der Waals surface area contributed by atoms with E-state index in [2.05, 4.69) is 4.98 Å². The van der Waals surface area contributed by atoms with Crippen LogP contribution in [0.1, 0.15) is 5.56 Å². The third-order valence-corrected chi connectivity index (χ3v) is 1.32. The van der Waals surface area contributed by atoms with Gasteiger partial charge in [-0.3, -0.25) is 4.98 Å². The second kappa shape index (κ2) is 3.93. The molecule has 0 aromatic carbocycles. The van der Waals surface area contributed by atoms with E-state index in [0.717, 1.165) is 11.3 Å². The van der Waals surface area contributed by atoms with Crippen LogP contribution in [0.2, 0.25) is 0 Å². The van der Waals surface area contributed by atoms with Gasteiger partial charge in [-0.15, -0.1) is 0 Å². The van der Waals surface area contributed by atoms with Gasteiger partial charge in [0.1, 0.15) is 5.75 Å². The molecule has 0 saturated heterocycles. The highest BCUT2D eigenvalue weighted by molar-refractivity contribution is 5.22. The highest BCUT2D eigenvalue weighted by atomic mass is 16.5. The van der Waals surface area contributed by atoms with Crippen molar-refractivity contribution in [2.24, 2.45) is 0 Å². The summed E-state index contributed by atoms with van der Waals surface area (Å²) in [6.45, 7) is 0.574. The first kappa shape index (κ1) is 8.01. The minimum Gasteiger partial charge on any atom is -0.495 e. The van der Waals surface area contributed by atoms with Crippen molar-refractivity contribution in [3.63, 3.8) is 0 Å². The lowest BCUT2D eigenvalue weighted by Crippen LogP contribution is -1.90. The van der Waals surface area contributed by atoms with Gasteiger partial charge in [0.05, 0.1) is 19.9 Å². The van der Waals surface area contributed by atoms with Crippen LogP contribution in [0, 0.1) is 0 Å². The smallest absolute Gasteiger partial charge is 0.137 e. The van der Waals surface area contributed by atoms with Gasteiger partial charge in [-0.25, -0.2) is 0 Å². The minimum absolute atomic E-state index is 0.574. The molecule has 11 heavy (non-hydrogen) atoms. The summed E-state index contributed by atoms with van der Waals surface area (Å²) >= 11 is 0. The lowest BCUT2D eigenvalue weighted by atomic mass is 10.3. The molecule has 1 aromatic heterocycles. The van der Waals surface area contributed by atoms with Crippen LogP contribution in [0.3, 0.4) is 0 Å². The molecule has 0 saturated carbocycles. The van der Waals surface area contributed by atoms with Crippen LogP contribution in [-0.4, -0.2) is 19.2 Å². The number of pyridine rings is 1. The Bertz CT molecular complexity index is 225. The van der Waals surface area contributed by atoms with Gasteiger partial charge in [-0.05, 0) is 11.6 Å². The van der Waals surface area contributed by atoms with Gasteiger partial charge < -0.3 is 9.47 Å². The maximum absolute atomic E-state index is 4.98. The zero-order chi connectivity index (χ0) is 8.10. The van der Waals surface area contributed by atoms with Crippen molar-refractivity contribution in [2.45, 2.75) is 6.61 Å². The molecule has 0 aliphatic heterocycles. The Kier molecular flexibility index (Phi) is 2.86. The maximum atomic E-state index is 4.98. The fourth-order valence-corrected chi connectivity index (χ4v) is 0.821. The van der Waals surface area contributed by atoms with Crippen LogP contribution in [0.15, 0.2) is 18.5 Å². The van der Waals surface area contributed by atoms with E-state index in [4.69, 9.17) is 9.47 Å². The van der Waals surface area contributed by atoms with E-state index in [0.29, 0.717) is 6.61 Å². The molecule has 0 atom stereocenters. The number of hydrogen-bond donors (Lipinski definition) is 0. The standard InChI is InChI=1S/C8H11NO2/c1-10-6-7-3-8(11-2)5-9-4-7/h3-5H,6H2,1-2H3. The van der Waals surface area contributed by atoms with Crippen LogP contribution >= 0.6 is 0 Å². The molecule has 60 valence electrons. The van der Waals surface area contributed by atoms with Crippen molar-refractivity contribution < 1.29 is 9.47 Å². The average molecular weight is 153 g/mol. The van der Waals surface area contributed by atoms with E-state index in [1.807, 2.05) is 6.07 Å². The monoisotopic (exact) mass is 153 g/mol. The highest BCUT2D eigenvalue weighted by Crippen LogP contribution is 2.10. The summed E-state index contributed by atoms with van der Waals surface area (Å²) in [5, 5.41) is 0. The van der Waals surface area contributed by atoms with Crippen LogP contribution in [0.4, 0.5) is 0 Å². The van der Waals surface area contributed by atoms with Crippen molar-refractivity contribution in [2.75, 3.05) is 14.2 Å². The van der Waals surface area contributed by atoms with E-state index in [9.17, 15) is 0 Å². The van der Waals surface area contributed by atoms with E-state index in [-0.39, 0.29) is 0 Å². The number of hydrogen-bond acceptors (Lipinski definition) is 3. The Morgan fingerprint density at radius 1 is 1.36 bits per heavy atom. The summed E-state index contributed by atoms with van der Waals surface area (Å²) in [6, 6.07) is 1.90. The summed E-state index contributed by atoms with van der Waals surface area (Å²) in [5.74, 6) is 0.763. The number of methoxy groups -OCH3 is 2. The first-order chi connectivity index (χ1) is 5.36. The third-order valence-electron chi connectivity index (χ3n) is 1.32. The largest absolute Gasteiger partial charge is 0.495 e. The molecule has 3 heteroatoms. The van der Waals surface area contributed by atoms with Crippen molar-refractivity contribution in [3.05, 3.63) is 24.0 Å². The van der Waals surface area contributed by atoms with Crippen molar-refractivity contribution in [3.8, 4) is 5.75 Å². The summed E-state index contributed by atoms with van der Waals surface area (Å²) in [7, 11) is 3.27. The quantitative estimate of drug-likeness (QED) is 0.654. The van der Waals surface area contributed by atoms with Crippen molar-refractivity contribution >= 4 is 0 Å². The fourth-order valence-electron chi connectivity index (χ4n) is 0.821. The van der Waals surface area contributed by atoms with Gasteiger partial charge in [0, 0.05) is 13.3 Å². The molecule has 1 rings (SSSR count). The molecule has 1 aromatic rings. The molecule has 0 N–H and O–H groups in total. The zero-order valence-electron chi connectivity index (χ0n) is 6.70. The summed E-state index contributed by atoms with van der Waals surface area (Å²) < 4.78 is 9.91. The molecule has 0 radical (unpaired) electrons. The zero-order valence-corrected chi connectivity index (χ0v) is 6.70. The molecule has 0 aliphatic rings. The third kappa shape index (κ3) is 2.20. The van der Waals surface area contributed by atoms with Crippen LogP contribution in [0.25, 0.3) is 0 Å². The molecule has 0 amide bonds. The first-order valence-corrected chi connectivity index (χ1v) is 3.33. The second-order valence-electron chi connectivity index (χ2n) is 2.17. The molecule has 0 spiro atoms. The van der Waals surface area contributed by atoms with Crippen molar-refractivity contribution in [1.29, 1.82) is 0 Å². The lowest BCUT2D eigenvalue weighted by Gasteiger charge is -2.01. The van der Waals surface area contributed by atoms with Gasteiger partial charge in [-0.2, -0.15) is 0 Å². The van der Waals surface area contributed by atoms with Gasteiger partial charge in [0.2, 0.25) is 0 Å². The normalized spacial score (nSPS) is 9.64. The highest BCUT2D eigenvalue weighted by Gasteiger charge is 1.94. The Morgan fingerprint density at radius 3 is 2.82 bits per heavy atom. The van der Waals surface area contributed by atoms with Crippen LogP contribution in [0.5, 0.6) is 5.75 Å². The Hall–Kier alpha value is -1.09. The van der Waals surface area contributed by atoms with Gasteiger partial charge in [-0.1, -0.05) is 0 Å². The number of rotatable bonds is 3. The number of aromatic nitrogens is 1. The summed E-state index contributed by atoms with van der Waals surface area (Å²) in [6.07, 6.45) is 3.42. The number of ether oxygens (including phenoxy) is 2. The minimum atomic E-state index is 0.574. The van der Waals surface area contributed by atoms with Gasteiger partial charge >= 0.3 is 0 Å². The van der Waals surface area contributed by atoms with E-state index in [1.54, 1.807) is 26.6 Å². The van der Waals surface area contributed by atoms with Crippen LogP contribution in [-0.2, 0) is 11.3 Å². The predicted octanol–water partition coefficient (Wildman–Crippen LogP) is 1.24. The van der Waals surface area contributed by atoms with E-state index < -0.39 is 0 Å². The van der Waals surface area contributed by atoms with Gasteiger partial charge in [0.25, 0.3) is 0 Å². The number of nitrogens with zero attached hydrogens (tertiary/aromatic N) is 1. The molecule has 3 nitrogen and oxygen atoms in total. The molecule has 0 fully saturated rings. The summed E-state index contributed by atoms with van der Waals surface area (Å²) in [4.78, 5) is 3.97. The topological polar surface area (TPSA) is 31.4 Å². The van der Waals surface area contributed by atoms with E-state index in [1.165, 1.54) is 0 Å². The molecular weight excluding hydrogens is 142 g/mol.